The Hall–Kier alpha value is -7.14. The molecule has 3 nitrogen and oxygen atoms in total. The summed E-state index contributed by atoms with van der Waals surface area (Å²) in [6.07, 6.45) is 0. The van der Waals surface area contributed by atoms with Gasteiger partial charge in [-0.25, -0.2) is 0 Å². The second kappa shape index (κ2) is 12.2. The molecule has 0 aliphatic carbocycles. The number of benzene rings is 9. The van der Waals surface area contributed by atoms with Crippen molar-refractivity contribution in [1.29, 1.82) is 0 Å². The van der Waals surface area contributed by atoms with Crippen LogP contribution in [-0.2, 0) is 0 Å². The second-order valence-electron chi connectivity index (χ2n) is 14.4. The first-order valence-corrected chi connectivity index (χ1v) is 19.7. The van der Waals surface area contributed by atoms with Crippen molar-refractivity contribution in [2.45, 2.75) is 0 Å². The summed E-state index contributed by atoms with van der Waals surface area (Å²) >= 11 is 1.86. The van der Waals surface area contributed by atoms with Crippen molar-refractivity contribution in [1.82, 2.24) is 0 Å². The van der Waals surface area contributed by atoms with Gasteiger partial charge in [0.15, 0.2) is 0 Å². The van der Waals surface area contributed by atoms with E-state index in [9.17, 15) is 0 Å². The van der Waals surface area contributed by atoms with E-state index in [-0.39, 0.29) is 0 Å². The van der Waals surface area contributed by atoms with E-state index in [1.165, 1.54) is 36.7 Å². The number of hydrogen-bond acceptors (Lipinski definition) is 4. The average Bonchev–Trinajstić information content (AvgIpc) is 3.96. The monoisotopic (exact) mass is 733 g/mol. The van der Waals surface area contributed by atoms with Gasteiger partial charge in [0.1, 0.15) is 22.3 Å². The molecule has 3 aromatic heterocycles. The standard InChI is InChI=1S/C52H31NO2S/c1-2-10-38-32(9-1)23-29-45-42-30-28-37(31-48(42)55-51(38)45)53(35-24-19-33(20-25-35)39-13-7-15-44-41-11-3-5-17-47(41)54-50(39)44)36-26-21-34(22-27-36)40-14-8-16-46-43-12-4-6-18-49(43)56-52(40)46/h1-31H. The number of hydrogen-bond donors (Lipinski definition) is 0. The number of furan rings is 2. The maximum absolute atomic E-state index is 6.68. The van der Waals surface area contributed by atoms with E-state index >= 15 is 0 Å². The van der Waals surface area contributed by atoms with Crippen LogP contribution in [0.15, 0.2) is 197 Å². The van der Waals surface area contributed by atoms with Crippen molar-refractivity contribution in [2.24, 2.45) is 0 Å². The van der Waals surface area contributed by atoms with Crippen LogP contribution in [0, 0.1) is 0 Å². The fourth-order valence-electron chi connectivity index (χ4n) is 8.61. The van der Waals surface area contributed by atoms with Crippen LogP contribution in [0.2, 0.25) is 0 Å². The first kappa shape index (κ1) is 31.2. The number of anilines is 3. The Morgan fingerprint density at radius 1 is 0.357 bits per heavy atom. The van der Waals surface area contributed by atoms with Crippen molar-refractivity contribution in [3.05, 3.63) is 188 Å². The van der Waals surface area contributed by atoms with Gasteiger partial charge in [0, 0.05) is 75.8 Å². The predicted molar refractivity (Wildman–Crippen MR) is 237 cm³/mol. The average molecular weight is 734 g/mol. The molecule has 3 heterocycles. The molecule has 0 atom stereocenters. The summed E-state index contributed by atoms with van der Waals surface area (Å²) in [7, 11) is 0. The summed E-state index contributed by atoms with van der Waals surface area (Å²) in [6, 6.07) is 67.2. The first-order valence-electron chi connectivity index (χ1n) is 18.9. The van der Waals surface area contributed by atoms with Crippen molar-refractivity contribution in [3.63, 3.8) is 0 Å². The highest BCUT2D eigenvalue weighted by molar-refractivity contribution is 7.26. The summed E-state index contributed by atoms with van der Waals surface area (Å²) in [4.78, 5) is 2.32. The minimum absolute atomic E-state index is 0.861. The Morgan fingerprint density at radius 3 is 1.75 bits per heavy atom. The highest BCUT2D eigenvalue weighted by Crippen LogP contribution is 2.44. The third-order valence-electron chi connectivity index (χ3n) is 11.3. The minimum atomic E-state index is 0.861. The van der Waals surface area contributed by atoms with Gasteiger partial charge in [-0.2, -0.15) is 0 Å². The summed E-state index contributed by atoms with van der Waals surface area (Å²) in [5.41, 5.74) is 11.3. The molecule has 0 bridgehead atoms. The molecule has 0 N–H and O–H groups in total. The van der Waals surface area contributed by atoms with Gasteiger partial charge in [-0.15, -0.1) is 11.3 Å². The zero-order valence-electron chi connectivity index (χ0n) is 30.1. The molecular weight excluding hydrogens is 703 g/mol. The van der Waals surface area contributed by atoms with E-state index in [0.29, 0.717) is 0 Å². The van der Waals surface area contributed by atoms with Gasteiger partial charge in [-0.3, -0.25) is 0 Å². The number of rotatable bonds is 5. The Labute approximate surface area is 325 Å². The van der Waals surface area contributed by atoms with Gasteiger partial charge in [-0.05, 0) is 76.7 Å². The lowest BCUT2D eigenvalue weighted by Crippen LogP contribution is -2.09. The Balaban J connectivity index is 0.996. The molecule has 0 unspecified atom stereocenters. The highest BCUT2D eigenvalue weighted by atomic mass is 32.1. The van der Waals surface area contributed by atoms with Crippen molar-refractivity contribution >= 4 is 103 Å². The van der Waals surface area contributed by atoms with E-state index in [1.54, 1.807) is 0 Å². The minimum Gasteiger partial charge on any atom is -0.455 e. The molecule has 0 saturated carbocycles. The van der Waals surface area contributed by atoms with Gasteiger partial charge < -0.3 is 13.7 Å². The molecular formula is C52H31NO2S. The molecule has 262 valence electrons. The lowest BCUT2D eigenvalue weighted by Gasteiger charge is -2.26. The Bertz CT molecular complexity index is 3320. The second-order valence-corrected chi connectivity index (χ2v) is 15.5. The molecule has 56 heavy (non-hydrogen) atoms. The van der Waals surface area contributed by atoms with Crippen LogP contribution in [0.5, 0.6) is 0 Å². The molecule has 0 amide bonds. The fraction of sp³-hybridized carbons (Fsp3) is 0. The molecule has 12 rings (SSSR count). The summed E-state index contributed by atoms with van der Waals surface area (Å²) in [5.74, 6) is 0. The molecule has 0 spiro atoms. The molecule has 0 radical (unpaired) electrons. The number of nitrogens with zero attached hydrogens (tertiary/aromatic N) is 1. The van der Waals surface area contributed by atoms with Crippen LogP contribution < -0.4 is 4.90 Å². The van der Waals surface area contributed by atoms with Crippen LogP contribution in [0.3, 0.4) is 0 Å². The zero-order chi connectivity index (χ0) is 36.7. The molecule has 12 aromatic rings. The molecule has 4 heteroatoms. The number of para-hydroxylation sites is 2. The zero-order valence-corrected chi connectivity index (χ0v) is 30.9. The van der Waals surface area contributed by atoms with E-state index in [1.807, 2.05) is 23.5 Å². The lowest BCUT2D eigenvalue weighted by atomic mass is 10.0. The topological polar surface area (TPSA) is 29.5 Å². The van der Waals surface area contributed by atoms with Crippen molar-refractivity contribution < 1.29 is 8.83 Å². The molecule has 0 aliphatic heterocycles. The Morgan fingerprint density at radius 2 is 0.929 bits per heavy atom. The van der Waals surface area contributed by atoms with E-state index in [2.05, 4.69) is 181 Å². The van der Waals surface area contributed by atoms with Crippen molar-refractivity contribution in [2.75, 3.05) is 4.90 Å². The molecule has 9 aromatic carbocycles. The van der Waals surface area contributed by atoms with E-state index < -0.39 is 0 Å². The first-order chi connectivity index (χ1) is 27.7. The summed E-state index contributed by atoms with van der Waals surface area (Å²) < 4.78 is 15.7. The van der Waals surface area contributed by atoms with Gasteiger partial charge in [0.2, 0.25) is 0 Å². The van der Waals surface area contributed by atoms with Crippen LogP contribution >= 0.6 is 11.3 Å². The van der Waals surface area contributed by atoms with Gasteiger partial charge in [-0.1, -0.05) is 127 Å². The van der Waals surface area contributed by atoms with Gasteiger partial charge in [0.25, 0.3) is 0 Å². The quantitative estimate of drug-likeness (QED) is 0.176. The predicted octanol–water partition coefficient (Wildman–Crippen LogP) is 15.8. The molecule has 0 aliphatic rings. The van der Waals surface area contributed by atoms with Crippen LogP contribution in [0.4, 0.5) is 17.1 Å². The fourth-order valence-corrected chi connectivity index (χ4v) is 9.85. The smallest absolute Gasteiger partial charge is 0.143 e. The summed E-state index contributed by atoms with van der Waals surface area (Å²) in [6.45, 7) is 0. The number of fused-ring (bicyclic) bond motifs is 11. The maximum atomic E-state index is 6.68. The Kier molecular flexibility index (Phi) is 6.80. The lowest BCUT2D eigenvalue weighted by molar-refractivity contribution is 0.670. The van der Waals surface area contributed by atoms with Gasteiger partial charge >= 0.3 is 0 Å². The van der Waals surface area contributed by atoms with E-state index in [0.717, 1.165) is 77.5 Å². The van der Waals surface area contributed by atoms with Crippen LogP contribution in [0.1, 0.15) is 0 Å². The van der Waals surface area contributed by atoms with Gasteiger partial charge in [0.05, 0.1) is 0 Å². The molecule has 0 fully saturated rings. The van der Waals surface area contributed by atoms with Crippen LogP contribution in [-0.4, -0.2) is 0 Å². The van der Waals surface area contributed by atoms with E-state index in [4.69, 9.17) is 8.83 Å². The SMILES string of the molecule is c1ccc2c(c1)ccc1c3ccc(N(c4ccc(-c5cccc6c5oc5ccccc56)cc4)c4ccc(-c5cccc6c5sc5ccccc56)cc4)cc3oc21. The largest absolute Gasteiger partial charge is 0.455 e. The van der Waals surface area contributed by atoms with Crippen LogP contribution in [0.25, 0.3) is 97.1 Å². The molecule has 0 saturated heterocycles. The third kappa shape index (κ3) is 4.76. The normalized spacial score (nSPS) is 11.9. The third-order valence-corrected chi connectivity index (χ3v) is 12.5. The van der Waals surface area contributed by atoms with Crippen molar-refractivity contribution in [3.8, 4) is 22.3 Å². The number of thiophene rings is 1. The highest BCUT2D eigenvalue weighted by Gasteiger charge is 2.19. The maximum Gasteiger partial charge on any atom is 0.143 e. The summed E-state index contributed by atoms with van der Waals surface area (Å²) in [5, 5.41) is 9.40.